The molecular weight excluding hydrogens is 797 g/mol. The summed E-state index contributed by atoms with van der Waals surface area (Å²) in [5.41, 5.74) is 0. The molecule has 0 saturated carbocycles. The first kappa shape index (κ1) is 42.2. The molecule has 8 aromatic rings. The summed E-state index contributed by atoms with van der Waals surface area (Å²) in [5.74, 6) is 0. The standard InChI is InChI=1S/C56H56P4/c1-9-27-49(28-10-1)57(50-29-11-2-12-30-50)43-25-45-59(53-35-17-5-18-36-53,54-37-19-6-20-38-54)47-48-60(55-39-21-7-22-40-55,56-41-23-8-24-42-56)46-26-44-58(51-31-13-3-14-32-51)52-33-15-4-16-34-52/h1-24,27-42H,25-26,43-48H2/q+2. The van der Waals surface area contributed by atoms with Gasteiger partial charge in [0, 0.05) is 0 Å². The molecule has 0 fully saturated rings. The topological polar surface area (TPSA) is 0 Å². The fraction of sp³-hybridized carbons (Fsp3) is 0.143. The van der Waals surface area contributed by atoms with Crippen LogP contribution >= 0.6 is 30.4 Å². The largest absolute Gasteiger partial charge is 0.103 e. The lowest BCUT2D eigenvalue weighted by molar-refractivity contribution is 1.09. The van der Waals surface area contributed by atoms with Crippen molar-refractivity contribution in [2.24, 2.45) is 0 Å². The maximum Gasteiger partial charge on any atom is 0.103 e. The van der Waals surface area contributed by atoms with Gasteiger partial charge in [-0.1, -0.05) is 194 Å². The van der Waals surface area contributed by atoms with Gasteiger partial charge in [0.2, 0.25) is 0 Å². The van der Waals surface area contributed by atoms with Gasteiger partial charge in [0.05, 0.1) is 48.1 Å². The Hall–Kier alpha value is -4.52. The SMILES string of the molecule is c1ccc(P(CCC[P+](CC[P+](CCCP(c2ccccc2)c2ccccc2)(c2ccccc2)c2ccccc2)(c2ccccc2)c2ccccc2)c2ccccc2)cc1. The van der Waals surface area contributed by atoms with Crippen LogP contribution in [0.15, 0.2) is 243 Å². The Labute approximate surface area is 363 Å². The maximum atomic E-state index is 2.47. The molecule has 8 rings (SSSR count). The third-order valence-corrected chi connectivity index (χ3v) is 26.8. The van der Waals surface area contributed by atoms with Crippen molar-refractivity contribution in [1.82, 2.24) is 0 Å². The van der Waals surface area contributed by atoms with Crippen molar-refractivity contribution < 1.29 is 0 Å². The van der Waals surface area contributed by atoms with Crippen LogP contribution < -0.4 is 42.4 Å². The van der Waals surface area contributed by atoms with Crippen LogP contribution in [-0.4, -0.2) is 37.0 Å². The van der Waals surface area contributed by atoms with Crippen molar-refractivity contribution in [2.45, 2.75) is 12.8 Å². The zero-order chi connectivity index (χ0) is 40.7. The van der Waals surface area contributed by atoms with Crippen LogP contribution in [0.4, 0.5) is 0 Å². The number of benzene rings is 8. The van der Waals surface area contributed by atoms with Crippen LogP contribution in [0.1, 0.15) is 12.8 Å². The second kappa shape index (κ2) is 21.3. The van der Waals surface area contributed by atoms with Crippen molar-refractivity contribution >= 4 is 72.8 Å². The minimum absolute atomic E-state index is 0.472. The maximum absolute atomic E-state index is 2.47. The molecule has 60 heavy (non-hydrogen) atoms. The van der Waals surface area contributed by atoms with E-state index >= 15 is 0 Å². The van der Waals surface area contributed by atoms with Gasteiger partial charge in [-0.25, -0.2) is 0 Å². The molecule has 0 N–H and O–H groups in total. The molecule has 0 amide bonds. The summed E-state index contributed by atoms with van der Waals surface area (Å²) in [5, 5.41) is 12.1. The summed E-state index contributed by atoms with van der Waals surface area (Å²) in [6, 6.07) is 92.1. The highest BCUT2D eigenvalue weighted by Gasteiger charge is 2.50. The molecular formula is C56H56P4+2. The normalized spacial score (nSPS) is 11.8. The van der Waals surface area contributed by atoms with Gasteiger partial charge in [0.25, 0.3) is 0 Å². The van der Waals surface area contributed by atoms with Gasteiger partial charge in [-0.05, 0) is 111 Å². The van der Waals surface area contributed by atoms with E-state index in [1.807, 2.05) is 0 Å². The van der Waals surface area contributed by atoms with E-state index in [1.54, 1.807) is 21.2 Å². The monoisotopic (exact) mass is 852 g/mol. The minimum Gasteiger partial charge on any atom is -0.0622 e. The Kier molecular flexibility index (Phi) is 15.0. The second-order valence-corrected chi connectivity index (χ2v) is 27.9. The Bertz CT molecular complexity index is 2080. The van der Waals surface area contributed by atoms with Crippen molar-refractivity contribution in [1.29, 1.82) is 0 Å². The lowest BCUT2D eigenvalue weighted by Gasteiger charge is -2.33. The molecule has 298 valence electrons. The molecule has 0 aromatic heterocycles. The van der Waals surface area contributed by atoms with Gasteiger partial charge >= 0.3 is 0 Å². The quantitative estimate of drug-likeness (QED) is 0.0711. The summed E-state index contributed by atoms with van der Waals surface area (Å²) in [6.45, 7) is 0. The van der Waals surface area contributed by atoms with E-state index in [1.165, 1.54) is 71.0 Å². The molecule has 0 aliphatic heterocycles. The van der Waals surface area contributed by atoms with E-state index in [2.05, 4.69) is 243 Å². The molecule has 0 bridgehead atoms. The Morgan fingerprint density at radius 3 is 0.650 bits per heavy atom. The summed E-state index contributed by atoms with van der Waals surface area (Å²) < 4.78 is 0. The van der Waals surface area contributed by atoms with Crippen LogP contribution in [-0.2, 0) is 0 Å². The molecule has 0 spiro atoms. The third kappa shape index (κ3) is 10.1. The molecule has 0 unspecified atom stereocenters. The van der Waals surface area contributed by atoms with E-state index < -0.39 is 30.4 Å². The van der Waals surface area contributed by atoms with Gasteiger partial charge in [-0.2, -0.15) is 0 Å². The zero-order valence-electron chi connectivity index (χ0n) is 34.5. The smallest absolute Gasteiger partial charge is 0.0622 e. The molecule has 0 heterocycles. The average Bonchev–Trinajstić information content (AvgIpc) is 3.34. The Balaban J connectivity index is 1.18. The van der Waals surface area contributed by atoms with E-state index in [-0.39, 0.29) is 0 Å². The predicted molar refractivity (Wildman–Crippen MR) is 275 cm³/mol. The van der Waals surface area contributed by atoms with Crippen LogP contribution in [0.2, 0.25) is 0 Å². The molecule has 0 nitrogen and oxygen atoms in total. The van der Waals surface area contributed by atoms with Crippen LogP contribution in [0.25, 0.3) is 0 Å². The summed E-state index contributed by atoms with van der Waals surface area (Å²) in [4.78, 5) is 0. The summed E-state index contributed by atoms with van der Waals surface area (Å²) >= 11 is 0. The van der Waals surface area contributed by atoms with Crippen LogP contribution in [0, 0.1) is 0 Å². The van der Waals surface area contributed by atoms with E-state index in [4.69, 9.17) is 0 Å². The lowest BCUT2D eigenvalue weighted by atomic mass is 10.4. The fourth-order valence-corrected chi connectivity index (χ4v) is 24.4. The second-order valence-electron chi connectivity index (χ2n) is 15.5. The number of hydrogen-bond acceptors (Lipinski definition) is 0. The van der Waals surface area contributed by atoms with Gasteiger partial charge in [0.15, 0.2) is 0 Å². The average molecular weight is 853 g/mol. The van der Waals surface area contributed by atoms with E-state index in [0.717, 1.165) is 0 Å². The number of hydrogen-bond donors (Lipinski definition) is 0. The highest BCUT2D eigenvalue weighted by molar-refractivity contribution is 7.93. The first-order valence-corrected chi connectivity index (χ1v) is 28.8. The zero-order valence-corrected chi connectivity index (χ0v) is 38.1. The minimum atomic E-state index is -1.88. The molecule has 8 aromatic carbocycles. The molecule has 0 aliphatic rings. The van der Waals surface area contributed by atoms with Gasteiger partial charge in [-0.3, -0.25) is 0 Å². The van der Waals surface area contributed by atoms with E-state index in [0.29, 0.717) is 0 Å². The molecule has 4 heteroatoms. The number of rotatable bonds is 19. The molecule has 0 saturated heterocycles. The first-order chi connectivity index (χ1) is 29.8. The molecule has 0 atom stereocenters. The van der Waals surface area contributed by atoms with Crippen LogP contribution in [0.3, 0.4) is 0 Å². The molecule has 0 aliphatic carbocycles. The highest BCUT2D eigenvalue weighted by atomic mass is 31.2. The van der Waals surface area contributed by atoms with Crippen LogP contribution in [0.5, 0.6) is 0 Å². The summed E-state index contributed by atoms with van der Waals surface area (Å²) in [6.07, 6.45) is 9.54. The van der Waals surface area contributed by atoms with Crippen molar-refractivity contribution in [3.05, 3.63) is 243 Å². The van der Waals surface area contributed by atoms with E-state index in [9.17, 15) is 0 Å². The van der Waals surface area contributed by atoms with Crippen molar-refractivity contribution in [3.8, 4) is 0 Å². The van der Waals surface area contributed by atoms with Gasteiger partial charge in [0.1, 0.15) is 12.3 Å². The third-order valence-electron chi connectivity index (χ3n) is 12.0. The lowest BCUT2D eigenvalue weighted by Crippen LogP contribution is -2.34. The Morgan fingerprint density at radius 2 is 0.433 bits per heavy atom. The first-order valence-electron chi connectivity index (χ1n) is 21.5. The predicted octanol–water partition coefficient (Wildman–Crippen LogP) is 11.4. The Morgan fingerprint density at radius 1 is 0.233 bits per heavy atom. The summed E-state index contributed by atoms with van der Waals surface area (Å²) in [7, 11) is -4.71. The fourth-order valence-electron chi connectivity index (χ4n) is 8.99. The van der Waals surface area contributed by atoms with Gasteiger partial charge in [-0.15, -0.1) is 0 Å². The highest BCUT2D eigenvalue weighted by Crippen LogP contribution is 2.64. The molecule has 0 radical (unpaired) electrons. The van der Waals surface area contributed by atoms with Gasteiger partial charge < -0.3 is 0 Å². The van der Waals surface area contributed by atoms with Crippen molar-refractivity contribution in [2.75, 3.05) is 37.0 Å². The van der Waals surface area contributed by atoms with Crippen molar-refractivity contribution in [3.63, 3.8) is 0 Å².